The fourth-order valence-corrected chi connectivity index (χ4v) is 3.33. The molecule has 0 amide bonds. The molecule has 1 unspecified atom stereocenters. The van der Waals surface area contributed by atoms with Crippen LogP contribution in [0.3, 0.4) is 0 Å². The molecule has 1 rings (SSSR count). The lowest BCUT2D eigenvalue weighted by Gasteiger charge is -2.37. The summed E-state index contributed by atoms with van der Waals surface area (Å²) in [4.78, 5) is 0. The normalized spacial score (nSPS) is 20.2. The van der Waals surface area contributed by atoms with Crippen LogP contribution in [0.5, 0.6) is 0 Å². The highest BCUT2D eigenvalue weighted by Crippen LogP contribution is 2.46. The second-order valence-corrected chi connectivity index (χ2v) is 6.58. The smallest absolute Gasteiger partial charge is 0.207 e. The van der Waals surface area contributed by atoms with E-state index in [4.69, 9.17) is 0 Å². The molecule has 1 aliphatic rings. The van der Waals surface area contributed by atoms with Gasteiger partial charge < -0.3 is 0 Å². The van der Waals surface area contributed by atoms with Crippen LogP contribution in [-0.2, 0) is 0 Å². The Morgan fingerprint density at radius 3 is 2.05 bits per heavy atom. The summed E-state index contributed by atoms with van der Waals surface area (Å²) in [5, 5.41) is 0. The van der Waals surface area contributed by atoms with Crippen molar-refractivity contribution >= 4 is 0 Å². The molecule has 0 N–H and O–H groups in total. The molecular formula is C17H32F2. The van der Waals surface area contributed by atoms with Crippen LogP contribution in [0.15, 0.2) is 0 Å². The fourth-order valence-electron chi connectivity index (χ4n) is 3.33. The lowest BCUT2D eigenvalue weighted by Crippen LogP contribution is -2.36. The van der Waals surface area contributed by atoms with Crippen LogP contribution in [0.2, 0.25) is 0 Å². The van der Waals surface area contributed by atoms with Gasteiger partial charge in [0.1, 0.15) is 0 Å². The Balaban J connectivity index is 2.15. The van der Waals surface area contributed by atoms with Crippen LogP contribution in [0, 0.1) is 11.8 Å². The highest BCUT2D eigenvalue weighted by Gasteiger charge is 2.45. The SMILES string of the molecule is CCCCCCCC(CCCC)CC1CC(F)(F)C1. The predicted octanol–water partition coefficient (Wildman–Crippen LogP) is 6.59. The van der Waals surface area contributed by atoms with E-state index in [1.54, 1.807) is 0 Å². The maximum atomic E-state index is 12.9. The first-order valence-electron chi connectivity index (χ1n) is 8.45. The summed E-state index contributed by atoms with van der Waals surface area (Å²) in [5.74, 6) is -1.31. The third-order valence-electron chi connectivity index (χ3n) is 4.52. The molecule has 19 heavy (non-hydrogen) atoms. The first kappa shape index (κ1) is 16.9. The molecule has 0 aromatic heterocycles. The average molecular weight is 274 g/mol. The van der Waals surface area contributed by atoms with Crippen LogP contribution in [0.25, 0.3) is 0 Å². The van der Waals surface area contributed by atoms with Crippen LogP contribution >= 0.6 is 0 Å². The molecule has 0 aliphatic heterocycles. The molecule has 0 aromatic carbocycles. The molecular weight excluding hydrogens is 242 g/mol. The standard InChI is InChI=1S/C17H32F2/c1-3-5-7-8-9-11-15(10-6-4-2)12-16-13-17(18,19)14-16/h15-16H,3-14H2,1-2H3. The number of unbranched alkanes of at least 4 members (excludes halogenated alkanes) is 5. The van der Waals surface area contributed by atoms with E-state index in [1.165, 1.54) is 57.8 Å². The number of alkyl halides is 2. The Bertz CT molecular complexity index is 217. The minimum Gasteiger partial charge on any atom is -0.207 e. The lowest BCUT2D eigenvalue weighted by molar-refractivity contribution is -0.115. The van der Waals surface area contributed by atoms with Crippen molar-refractivity contribution in [3.63, 3.8) is 0 Å². The van der Waals surface area contributed by atoms with Gasteiger partial charge in [-0.1, -0.05) is 71.6 Å². The molecule has 114 valence electrons. The molecule has 0 heterocycles. The summed E-state index contributed by atoms with van der Waals surface area (Å²) in [5.41, 5.74) is 0. The van der Waals surface area contributed by atoms with Crippen molar-refractivity contribution < 1.29 is 8.78 Å². The van der Waals surface area contributed by atoms with Crippen molar-refractivity contribution in [2.24, 2.45) is 11.8 Å². The molecule has 1 fully saturated rings. The fraction of sp³-hybridized carbons (Fsp3) is 1.00. The van der Waals surface area contributed by atoms with Gasteiger partial charge in [0.15, 0.2) is 0 Å². The van der Waals surface area contributed by atoms with E-state index in [-0.39, 0.29) is 12.8 Å². The minimum atomic E-state index is -2.33. The summed E-state index contributed by atoms with van der Waals surface area (Å²) in [7, 11) is 0. The maximum Gasteiger partial charge on any atom is 0.248 e. The van der Waals surface area contributed by atoms with Gasteiger partial charge in [-0.2, -0.15) is 0 Å². The average Bonchev–Trinajstić information content (AvgIpc) is 2.33. The molecule has 0 nitrogen and oxygen atoms in total. The van der Waals surface area contributed by atoms with E-state index in [9.17, 15) is 8.78 Å². The monoisotopic (exact) mass is 274 g/mol. The molecule has 0 bridgehead atoms. The quantitative estimate of drug-likeness (QED) is 0.373. The zero-order valence-corrected chi connectivity index (χ0v) is 12.9. The van der Waals surface area contributed by atoms with Crippen LogP contribution in [0.4, 0.5) is 8.78 Å². The zero-order valence-electron chi connectivity index (χ0n) is 12.9. The van der Waals surface area contributed by atoms with E-state index >= 15 is 0 Å². The van der Waals surface area contributed by atoms with Gasteiger partial charge in [0.05, 0.1) is 0 Å². The van der Waals surface area contributed by atoms with Crippen molar-refractivity contribution in [3.8, 4) is 0 Å². The Kier molecular flexibility index (Phi) is 7.94. The summed E-state index contributed by atoms with van der Waals surface area (Å²) < 4.78 is 25.8. The molecule has 0 radical (unpaired) electrons. The number of hydrogen-bond acceptors (Lipinski definition) is 0. The van der Waals surface area contributed by atoms with Gasteiger partial charge in [-0.15, -0.1) is 0 Å². The van der Waals surface area contributed by atoms with E-state index < -0.39 is 5.92 Å². The second-order valence-electron chi connectivity index (χ2n) is 6.58. The largest absolute Gasteiger partial charge is 0.248 e. The Hall–Kier alpha value is -0.140. The third-order valence-corrected chi connectivity index (χ3v) is 4.52. The van der Waals surface area contributed by atoms with Crippen LogP contribution < -0.4 is 0 Å². The molecule has 0 spiro atoms. The first-order chi connectivity index (χ1) is 9.07. The highest BCUT2D eigenvalue weighted by molar-refractivity contribution is 4.87. The molecule has 0 saturated heterocycles. The van der Waals surface area contributed by atoms with Crippen molar-refractivity contribution in [1.82, 2.24) is 0 Å². The highest BCUT2D eigenvalue weighted by atomic mass is 19.3. The molecule has 0 aromatic rings. The van der Waals surface area contributed by atoms with Crippen molar-refractivity contribution in [1.29, 1.82) is 0 Å². The summed E-state index contributed by atoms with van der Waals surface area (Å²) >= 11 is 0. The van der Waals surface area contributed by atoms with E-state index in [0.717, 1.165) is 6.42 Å². The van der Waals surface area contributed by atoms with Gasteiger partial charge >= 0.3 is 0 Å². The zero-order chi connectivity index (χ0) is 14.1. The summed E-state index contributed by atoms with van der Waals surface area (Å²) in [6.45, 7) is 4.45. The van der Waals surface area contributed by atoms with Gasteiger partial charge in [-0.3, -0.25) is 0 Å². The molecule has 1 aliphatic carbocycles. The van der Waals surface area contributed by atoms with Gasteiger partial charge in [0.2, 0.25) is 5.92 Å². The lowest BCUT2D eigenvalue weighted by atomic mass is 9.74. The molecule has 1 saturated carbocycles. The Morgan fingerprint density at radius 1 is 0.895 bits per heavy atom. The number of hydrogen-bond donors (Lipinski definition) is 0. The Morgan fingerprint density at radius 2 is 1.47 bits per heavy atom. The first-order valence-corrected chi connectivity index (χ1v) is 8.45. The van der Waals surface area contributed by atoms with Crippen molar-refractivity contribution in [3.05, 3.63) is 0 Å². The summed E-state index contributed by atoms with van der Waals surface area (Å²) in [6, 6.07) is 0. The van der Waals surface area contributed by atoms with Gasteiger partial charge in [0.25, 0.3) is 0 Å². The third kappa shape index (κ3) is 7.27. The summed E-state index contributed by atoms with van der Waals surface area (Å²) in [6.07, 6.45) is 13.0. The van der Waals surface area contributed by atoms with E-state index in [0.29, 0.717) is 11.8 Å². The molecule has 2 heteroatoms. The van der Waals surface area contributed by atoms with Crippen LogP contribution in [-0.4, -0.2) is 5.92 Å². The van der Waals surface area contributed by atoms with Crippen molar-refractivity contribution in [2.45, 2.75) is 96.8 Å². The maximum absolute atomic E-state index is 12.9. The second kappa shape index (κ2) is 8.92. The number of halogens is 2. The topological polar surface area (TPSA) is 0 Å². The Labute approximate surface area is 118 Å². The van der Waals surface area contributed by atoms with E-state index in [2.05, 4.69) is 13.8 Å². The molecule has 1 atom stereocenters. The predicted molar refractivity (Wildman–Crippen MR) is 78.7 cm³/mol. The van der Waals surface area contributed by atoms with Crippen LogP contribution in [0.1, 0.15) is 90.9 Å². The van der Waals surface area contributed by atoms with Crippen molar-refractivity contribution in [2.75, 3.05) is 0 Å². The van der Waals surface area contributed by atoms with Gasteiger partial charge in [-0.25, -0.2) is 8.78 Å². The minimum absolute atomic E-state index is 0.158. The van der Waals surface area contributed by atoms with Gasteiger partial charge in [-0.05, 0) is 18.3 Å². The van der Waals surface area contributed by atoms with Gasteiger partial charge in [0, 0.05) is 12.8 Å². The van der Waals surface area contributed by atoms with E-state index in [1.807, 2.05) is 0 Å². The number of rotatable bonds is 11.